The summed E-state index contributed by atoms with van der Waals surface area (Å²) >= 11 is 0. The Morgan fingerprint density at radius 2 is 2.23 bits per heavy atom. The maximum absolute atomic E-state index is 12.3. The van der Waals surface area contributed by atoms with Gasteiger partial charge in [-0.2, -0.15) is 9.40 Å². The average molecular weight is 321 g/mol. The largest absolute Gasteiger partial charge is 0.307 e. The number of carbonyl (C=O) groups is 1. The van der Waals surface area contributed by atoms with Crippen LogP contribution in [0.25, 0.3) is 0 Å². The minimum absolute atomic E-state index is 0.242. The number of aromatic nitrogens is 3. The molecule has 1 aliphatic rings. The number of amides is 1. The fraction of sp³-hybridized carbons (Fsp3) is 0.308. The summed E-state index contributed by atoms with van der Waals surface area (Å²) in [7, 11) is -3.25. The Bertz CT molecular complexity index is 801. The van der Waals surface area contributed by atoms with E-state index in [2.05, 4.69) is 20.5 Å². The molecule has 0 unspecified atom stereocenters. The van der Waals surface area contributed by atoms with E-state index in [1.165, 1.54) is 23.0 Å². The van der Waals surface area contributed by atoms with Crippen LogP contribution in [0.4, 0.5) is 5.82 Å². The van der Waals surface area contributed by atoms with Crippen molar-refractivity contribution in [2.45, 2.75) is 13.0 Å². The highest BCUT2D eigenvalue weighted by molar-refractivity contribution is 7.88. The summed E-state index contributed by atoms with van der Waals surface area (Å²) in [5, 5.41) is 9.12. The second kappa shape index (κ2) is 5.50. The van der Waals surface area contributed by atoms with Crippen LogP contribution in [0.3, 0.4) is 0 Å². The van der Waals surface area contributed by atoms with Gasteiger partial charge in [0.05, 0.1) is 18.0 Å². The Labute approximate surface area is 127 Å². The molecule has 3 rings (SSSR count). The molecule has 0 saturated carbocycles. The van der Waals surface area contributed by atoms with Crippen LogP contribution in [0.2, 0.25) is 0 Å². The van der Waals surface area contributed by atoms with E-state index in [-0.39, 0.29) is 12.5 Å². The normalized spacial score (nSPS) is 15.3. The summed E-state index contributed by atoms with van der Waals surface area (Å²) in [6.07, 6.45) is 6.31. The molecule has 2 aromatic rings. The van der Waals surface area contributed by atoms with Crippen LogP contribution in [-0.2, 0) is 23.0 Å². The molecular formula is C13H15N5O3S. The van der Waals surface area contributed by atoms with Crippen LogP contribution >= 0.6 is 0 Å². The molecule has 2 N–H and O–H groups in total. The number of nitrogens with zero attached hydrogens (tertiary/aromatic N) is 3. The van der Waals surface area contributed by atoms with E-state index in [1.807, 2.05) is 0 Å². The molecule has 0 atom stereocenters. The number of aromatic amines is 1. The van der Waals surface area contributed by atoms with Crippen LogP contribution in [-0.4, -0.2) is 46.6 Å². The molecule has 0 aliphatic carbocycles. The van der Waals surface area contributed by atoms with Gasteiger partial charge in [0.25, 0.3) is 5.91 Å². The average Bonchev–Trinajstić information content (AvgIpc) is 2.98. The highest BCUT2D eigenvalue weighted by Gasteiger charge is 2.26. The predicted octanol–water partition coefficient (Wildman–Crippen LogP) is 0.375. The lowest BCUT2D eigenvalue weighted by Crippen LogP contribution is -2.36. The Balaban J connectivity index is 1.88. The minimum atomic E-state index is -3.25. The van der Waals surface area contributed by atoms with Crippen LogP contribution in [0.5, 0.6) is 0 Å². The molecule has 0 radical (unpaired) electrons. The van der Waals surface area contributed by atoms with Gasteiger partial charge in [0, 0.05) is 31.5 Å². The number of hydrogen-bond donors (Lipinski definition) is 2. The lowest BCUT2D eigenvalue weighted by molar-refractivity contribution is 0.102. The van der Waals surface area contributed by atoms with Gasteiger partial charge >= 0.3 is 0 Å². The first-order valence-electron chi connectivity index (χ1n) is 6.67. The predicted molar refractivity (Wildman–Crippen MR) is 79.7 cm³/mol. The summed E-state index contributed by atoms with van der Waals surface area (Å²) < 4.78 is 24.7. The number of H-pyrrole nitrogens is 1. The van der Waals surface area contributed by atoms with E-state index in [1.54, 1.807) is 12.3 Å². The third-order valence-corrected chi connectivity index (χ3v) is 4.82. The summed E-state index contributed by atoms with van der Waals surface area (Å²) in [5.41, 5.74) is 2.06. The third kappa shape index (κ3) is 2.85. The van der Waals surface area contributed by atoms with Crippen molar-refractivity contribution in [3.63, 3.8) is 0 Å². The lowest BCUT2D eigenvalue weighted by atomic mass is 9.98. The summed E-state index contributed by atoms with van der Waals surface area (Å²) in [4.78, 5) is 16.4. The zero-order valence-corrected chi connectivity index (χ0v) is 12.7. The Kier molecular flexibility index (Phi) is 3.67. The Morgan fingerprint density at radius 3 is 2.91 bits per heavy atom. The fourth-order valence-corrected chi connectivity index (χ4v) is 3.26. The van der Waals surface area contributed by atoms with Crippen molar-refractivity contribution in [2.24, 2.45) is 0 Å². The smallest absolute Gasteiger partial charge is 0.258 e. The van der Waals surface area contributed by atoms with Gasteiger partial charge < -0.3 is 5.32 Å². The van der Waals surface area contributed by atoms with Gasteiger partial charge in [-0.05, 0) is 17.5 Å². The van der Waals surface area contributed by atoms with Crippen molar-refractivity contribution in [1.82, 2.24) is 19.5 Å². The molecule has 9 heteroatoms. The number of nitrogens with one attached hydrogen (secondary N) is 2. The van der Waals surface area contributed by atoms with E-state index < -0.39 is 10.0 Å². The van der Waals surface area contributed by atoms with Crippen LogP contribution in [0.1, 0.15) is 21.5 Å². The third-order valence-electron chi connectivity index (χ3n) is 3.57. The molecule has 1 amide bonds. The summed E-state index contributed by atoms with van der Waals surface area (Å²) in [5.74, 6) is 0.206. The van der Waals surface area contributed by atoms with Gasteiger partial charge in [-0.25, -0.2) is 8.42 Å². The molecule has 0 spiro atoms. The first-order chi connectivity index (χ1) is 10.4. The molecule has 0 saturated heterocycles. The second-order valence-corrected chi connectivity index (χ2v) is 7.08. The van der Waals surface area contributed by atoms with Crippen molar-refractivity contribution in [3.8, 4) is 0 Å². The first kappa shape index (κ1) is 14.7. The van der Waals surface area contributed by atoms with Crippen LogP contribution < -0.4 is 5.32 Å². The quantitative estimate of drug-likeness (QED) is 0.849. The Hall–Kier alpha value is -2.26. The van der Waals surface area contributed by atoms with E-state index >= 15 is 0 Å². The van der Waals surface area contributed by atoms with Crippen LogP contribution in [0, 0.1) is 0 Å². The molecule has 0 fully saturated rings. The minimum Gasteiger partial charge on any atom is -0.307 e. The number of anilines is 1. The topological polar surface area (TPSA) is 108 Å². The molecule has 0 bridgehead atoms. The van der Waals surface area contributed by atoms with E-state index in [0.717, 1.165) is 11.1 Å². The van der Waals surface area contributed by atoms with Crippen molar-refractivity contribution in [1.29, 1.82) is 0 Å². The number of pyridine rings is 1. The first-order valence-corrected chi connectivity index (χ1v) is 8.51. The summed E-state index contributed by atoms with van der Waals surface area (Å²) in [6, 6.07) is 1.64. The SMILES string of the molecule is CS(=O)(=O)N1CCc2c(cncc2C(=O)Nc2ccn[nH]2)C1. The molecule has 116 valence electrons. The zero-order valence-electron chi connectivity index (χ0n) is 11.9. The monoisotopic (exact) mass is 321 g/mol. The van der Waals surface area contributed by atoms with Gasteiger partial charge in [0.15, 0.2) is 0 Å². The second-order valence-electron chi connectivity index (χ2n) is 5.10. The van der Waals surface area contributed by atoms with E-state index in [0.29, 0.717) is 24.3 Å². The fourth-order valence-electron chi connectivity index (χ4n) is 2.46. The molecule has 3 heterocycles. The van der Waals surface area contributed by atoms with E-state index in [9.17, 15) is 13.2 Å². The standard InChI is InChI=1S/C13H15N5O3S/c1-22(20,21)18-5-3-10-9(8-18)6-14-7-11(10)13(19)16-12-2-4-15-17-12/h2,4,6-7H,3,5,8H2,1H3,(H2,15,16,17,19). The molecule has 8 nitrogen and oxygen atoms in total. The lowest BCUT2D eigenvalue weighted by Gasteiger charge is -2.27. The Morgan fingerprint density at radius 1 is 1.41 bits per heavy atom. The highest BCUT2D eigenvalue weighted by atomic mass is 32.2. The maximum atomic E-state index is 12.3. The number of sulfonamides is 1. The van der Waals surface area contributed by atoms with Gasteiger partial charge in [-0.3, -0.25) is 14.9 Å². The van der Waals surface area contributed by atoms with Gasteiger partial charge in [-0.1, -0.05) is 0 Å². The molecular weight excluding hydrogens is 306 g/mol. The number of fused-ring (bicyclic) bond motifs is 1. The van der Waals surface area contributed by atoms with Gasteiger partial charge in [0.2, 0.25) is 10.0 Å². The zero-order chi connectivity index (χ0) is 15.7. The number of carbonyl (C=O) groups excluding carboxylic acids is 1. The van der Waals surface area contributed by atoms with Crippen molar-refractivity contribution < 1.29 is 13.2 Å². The molecule has 22 heavy (non-hydrogen) atoms. The molecule has 0 aromatic carbocycles. The molecule has 2 aromatic heterocycles. The summed E-state index contributed by atoms with van der Waals surface area (Å²) in [6.45, 7) is 0.604. The van der Waals surface area contributed by atoms with Crippen LogP contribution in [0.15, 0.2) is 24.7 Å². The van der Waals surface area contributed by atoms with Gasteiger partial charge in [-0.15, -0.1) is 0 Å². The number of rotatable bonds is 3. The van der Waals surface area contributed by atoms with E-state index in [4.69, 9.17) is 0 Å². The van der Waals surface area contributed by atoms with Crippen molar-refractivity contribution in [3.05, 3.63) is 41.3 Å². The highest BCUT2D eigenvalue weighted by Crippen LogP contribution is 2.23. The maximum Gasteiger partial charge on any atom is 0.258 e. The van der Waals surface area contributed by atoms with Crippen molar-refractivity contribution in [2.75, 3.05) is 18.1 Å². The molecule has 1 aliphatic heterocycles. The van der Waals surface area contributed by atoms with Crippen molar-refractivity contribution >= 4 is 21.7 Å². The number of hydrogen-bond acceptors (Lipinski definition) is 5. The van der Waals surface area contributed by atoms with Gasteiger partial charge in [0.1, 0.15) is 5.82 Å².